The smallest absolute Gasteiger partial charge is 0.263 e. The van der Waals surface area contributed by atoms with E-state index in [1.165, 1.54) is 42.5 Å². The number of aromatic nitrogens is 1. The molecule has 2 N–H and O–H groups in total. The van der Waals surface area contributed by atoms with Gasteiger partial charge < -0.3 is 0 Å². The Hall–Kier alpha value is -0.990. The summed E-state index contributed by atoms with van der Waals surface area (Å²) >= 11 is 13.1. The summed E-state index contributed by atoms with van der Waals surface area (Å²) in [4.78, 5) is 4.09. The van der Waals surface area contributed by atoms with Crippen LogP contribution in [0.2, 0.25) is 0 Å². The fourth-order valence-corrected chi connectivity index (χ4v) is 5.84. The van der Waals surface area contributed by atoms with Crippen molar-refractivity contribution in [3.63, 3.8) is 0 Å². The Balaban J connectivity index is 1.85. The van der Waals surface area contributed by atoms with Crippen LogP contribution in [0.15, 0.2) is 82.3 Å². The maximum Gasteiger partial charge on any atom is 0.263 e. The first kappa shape index (κ1) is 23.7. The summed E-state index contributed by atoms with van der Waals surface area (Å²) in [5, 5.41) is 0. The summed E-state index contributed by atoms with van der Waals surface area (Å²) in [6.07, 6.45) is 0. The zero-order valence-electron chi connectivity index (χ0n) is 14.6. The molecule has 0 bridgehead atoms. The predicted octanol–water partition coefficient (Wildman–Crippen LogP) is 5.73. The molecule has 2 aromatic carbocycles. The van der Waals surface area contributed by atoms with Crippen LogP contribution in [-0.4, -0.2) is 21.8 Å². The number of halogens is 4. The number of sulfonamides is 2. The van der Waals surface area contributed by atoms with Gasteiger partial charge in [-0.3, -0.25) is 9.44 Å². The molecule has 0 fully saturated rings. The van der Waals surface area contributed by atoms with Crippen molar-refractivity contribution in [3.05, 3.63) is 72.5 Å². The van der Waals surface area contributed by atoms with Crippen molar-refractivity contribution >= 4 is 95.4 Å². The Morgan fingerprint density at radius 1 is 0.600 bits per heavy atom. The van der Waals surface area contributed by atoms with Crippen LogP contribution in [-0.2, 0) is 20.0 Å². The van der Waals surface area contributed by atoms with E-state index in [1.807, 2.05) is 0 Å². The normalized spacial score (nSPS) is 11.9. The summed E-state index contributed by atoms with van der Waals surface area (Å²) < 4.78 is 57.7. The van der Waals surface area contributed by atoms with Crippen molar-refractivity contribution in [2.75, 3.05) is 9.44 Å². The molecule has 0 spiro atoms. The van der Waals surface area contributed by atoms with E-state index < -0.39 is 20.0 Å². The minimum atomic E-state index is -3.93. The van der Waals surface area contributed by atoms with Crippen LogP contribution in [0.25, 0.3) is 0 Å². The van der Waals surface area contributed by atoms with Crippen molar-refractivity contribution in [2.24, 2.45) is 0 Å². The molecule has 0 aliphatic rings. The highest BCUT2D eigenvalue weighted by atomic mass is 79.9. The van der Waals surface area contributed by atoms with Crippen LogP contribution >= 0.6 is 63.7 Å². The summed E-state index contributed by atoms with van der Waals surface area (Å²) in [6.45, 7) is 0. The third-order valence-electron chi connectivity index (χ3n) is 3.63. The van der Waals surface area contributed by atoms with Gasteiger partial charge in [-0.25, -0.2) is 21.8 Å². The second kappa shape index (κ2) is 9.25. The van der Waals surface area contributed by atoms with E-state index in [1.54, 1.807) is 12.1 Å². The molecule has 1 heterocycles. The predicted molar refractivity (Wildman–Crippen MR) is 130 cm³/mol. The largest absolute Gasteiger partial charge is 0.263 e. The van der Waals surface area contributed by atoms with Gasteiger partial charge in [0.1, 0.15) is 11.6 Å². The minimum absolute atomic E-state index is 0.0186. The monoisotopic (exact) mass is 701 g/mol. The highest BCUT2D eigenvalue weighted by Crippen LogP contribution is 2.28. The van der Waals surface area contributed by atoms with Crippen LogP contribution in [0, 0.1) is 0 Å². The molecular weight excluding hydrogens is 694 g/mol. The maximum atomic E-state index is 12.6. The lowest BCUT2D eigenvalue weighted by atomic mass is 10.4. The Morgan fingerprint density at radius 3 is 1.37 bits per heavy atom. The molecule has 0 aliphatic carbocycles. The summed E-state index contributed by atoms with van der Waals surface area (Å²) in [5.74, 6) is -0.0718. The number of benzene rings is 2. The second-order valence-corrected chi connectivity index (χ2v) is 12.6. The number of nitrogens with zero attached hydrogens (tertiary/aromatic N) is 1. The lowest BCUT2D eigenvalue weighted by molar-refractivity contribution is 0.599. The van der Waals surface area contributed by atoms with Gasteiger partial charge in [0.15, 0.2) is 0 Å². The van der Waals surface area contributed by atoms with E-state index in [0.717, 1.165) is 0 Å². The summed E-state index contributed by atoms with van der Waals surface area (Å²) in [5.41, 5.74) is 0. The Morgan fingerprint density at radius 2 is 1.00 bits per heavy atom. The van der Waals surface area contributed by atoms with E-state index >= 15 is 0 Å². The van der Waals surface area contributed by atoms with E-state index in [-0.39, 0.29) is 21.4 Å². The molecular formula is C17H11Br4N3O4S2. The van der Waals surface area contributed by atoms with E-state index in [0.29, 0.717) is 17.9 Å². The molecule has 1 aromatic heterocycles. The molecule has 7 nitrogen and oxygen atoms in total. The molecule has 3 rings (SSSR count). The average Bonchev–Trinajstić information content (AvgIpc) is 2.65. The first-order valence-electron chi connectivity index (χ1n) is 7.91. The minimum Gasteiger partial charge on any atom is -0.263 e. The molecule has 13 heteroatoms. The number of hydrogen-bond donors (Lipinski definition) is 2. The fraction of sp³-hybridized carbons (Fsp3) is 0. The van der Waals surface area contributed by atoms with Crippen LogP contribution < -0.4 is 9.44 Å². The molecule has 0 saturated heterocycles. The molecule has 3 aromatic rings. The Kier molecular flexibility index (Phi) is 7.30. The molecule has 0 amide bonds. The molecule has 0 atom stereocenters. The molecule has 0 unspecified atom stereocenters. The van der Waals surface area contributed by atoms with Crippen molar-refractivity contribution < 1.29 is 16.8 Å². The number of nitrogens with one attached hydrogen (secondary N) is 2. The first-order valence-corrected chi connectivity index (χ1v) is 14.0. The topological polar surface area (TPSA) is 105 Å². The third-order valence-corrected chi connectivity index (χ3v) is 10.1. The SMILES string of the molecule is O=S(=O)(Nc1cccc(NS(=O)(=O)c2ccc(Br)c(Br)c2)n1)c1ccc(Br)c(Br)c1. The second-order valence-electron chi connectivity index (χ2n) is 5.77. The van der Waals surface area contributed by atoms with Crippen molar-refractivity contribution in [1.82, 2.24) is 4.98 Å². The van der Waals surface area contributed by atoms with Crippen LogP contribution in [0.5, 0.6) is 0 Å². The average molecular weight is 705 g/mol. The van der Waals surface area contributed by atoms with Gasteiger partial charge >= 0.3 is 0 Å². The first-order chi connectivity index (χ1) is 14.0. The van der Waals surface area contributed by atoms with Crippen molar-refractivity contribution in [3.8, 4) is 0 Å². The van der Waals surface area contributed by atoms with E-state index in [2.05, 4.69) is 78.1 Å². The standard InChI is InChI=1S/C17H11Br4N3O4S2/c18-12-6-4-10(8-14(12)20)29(25,26)23-16-2-1-3-17(22-16)24-30(27,28)11-5-7-13(19)15(21)9-11/h1-9H,(H2,22,23,24). The van der Waals surface area contributed by atoms with Gasteiger partial charge in [0.2, 0.25) is 0 Å². The molecule has 0 saturated carbocycles. The molecule has 30 heavy (non-hydrogen) atoms. The van der Waals surface area contributed by atoms with Crippen molar-refractivity contribution in [1.29, 1.82) is 0 Å². The van der Waals surface area contributed by atoms with Gasteiger partial charge in [0.05, 0.1) is 9.79 Å². The quantitative estimate of drug-likeness (QED) is 0.341. The highest BCUT2D eigenvalue weighted by Gasteiger charge is 2.19. The fourth-order valence-electron chi connectivity index (χ4n) is 2.23. The Bertz CT molecular complexity index is 1230. The lowest BCUT2D eigenvalue weighted by Crippen LogP contribution is -2.16. The van der Waals surface area contributed by atoms with E-state index in [4.69, 9.17) is 0 Å². The van der Waals surface area contributed by atoms with Crippen LogP contribution in [0.3, 0.4) is 0 Å². The van der Waals surface area contributed by atoms with Crippen molar-refractivity contribution in [2.45, 2.75) is 9.79 Å². The van der Waals surface area contributed by atoms with Gasteiger partial charge in [-0.1, -0.05) is 6.07 Å². The van der Waals surface area contributed by atoms with E-state index in [9.17, 15) is 16.8 Å². The maximum absolute atomic E-state index is 12.6. The highest BCUT2D eigenvalue weighted by molar-refractivity contribution is 9.13. The number of rotatable bonds is 6. The zero-order valence-corrected chi connectivity index (χ0v) is 22.6. The third kappa shape index (κ3) is 5.62. The van der Waals surface area contributed by atoms with Gasteiger partial charge in [0, 0.05) is 17.9 Å². The Labute approximate surface area is 207 Å². The van der Waals surface area contributed by atoms with Crippen LogP contribution in [0.4, 0.5) is 11.6 Å². The van der Waals surface area contributed by atoms with Gasteiger partial charge in [-0.05, 0) is 112 Å². The number of pyridine rings is 1. The number of hydrogen-bond acceptors (Lipinski definition) is 5. The lowest BCUT2D eigenvalue weighted by Gasteiger charge is -2.11. The van der Waals surface area contributed by atoms with Gasteiger partial charge in [0.25, 0.3) is 20.0 Å². The van der Waals surface area contributed by atoms with Gasteiger partial charge in [-0.15, -0.1) is 0 Å². The van der Waals surface area contributed by atoms with Gasteiger partial charge in [-0.2, -0.15) is 0 Å². The number of anilines is 2. The summed E-state index contributed by atoms with van der Waals surface area (Å²) in [7, 11) is -7.86. The summed E-state index contributed by atoms with van der Waals surface area (Å²) in [6, 6.07) is 13.2. The molecule has 0 aliphatic heterocycles. The molecule has 158 valence electrons. The molecule has 0 radical (unpaired) electrons. The van der Waals surface area contributed by atoms with Crippen LogP contribution in [0.1, 0.15) is 0 Å². The zero-order chi connectivity index (χ0) is 22.1.